The lowest BCUT2D eigenvalue weighted by molar-refractivity contribution is -0.135. The van der Waals surface area contributed by atoms with Crippen molar-refractivity contribution in [3.05, 3.63) is 107 Å². The van der Waals surface area contributed by atoms with Crippen LogP contribution in [0.15, 0.2) is 87.8 Å². The molecule has 2 aromatic heterocycles. The molecule has 2 unspecified atom stereocenters. The van der Waals surface area contributed by atoms with E-state index in [0.29, 0.717) is 54.7 Å². The molecule has 5 aromatic rings. The summed E-state index contributed by atoms with van der Waals surface area (Å²) in [5, 5.41) is 9.97. The van der Waals surface area contributed by atoms with E-state index in [1.807, 2.05) is 89.2 Å². The van der Waals surface area contributed by atoms with Crippen molar-refractivity contribution in [1.82, 2.24) is 20.6 Å². The van der Waals surface area contributed by atoms with Crippen LogP contribution in [0.5, 0.6) is 5.75 Å². The highest BCUT2D eigenvalue weighted by Gasteiger charge is 2.57. The molecule has 3 aliphatic heterocycles. The first kappa shape index (κ1) is 32.8. The Labute approximate surface area is 297 Å². The number of amides is 2. The summed E-state index contributed by atoms with van der Waals surface area (Å²) in [4.78, 5) is 37.8. The van der Waals surface area contributed by atoms with Crippen LogP contribution in [-0.2, 0) is 27.8 Å². The number of para-hydroxylation sites is 1. The standard InChI is InChI=1S/C41H43N5O5/c1-6-40(5,7-2)38(48)43-29-20-24-17-18-30-27(19-24)41(26-15-11-12-16-28(26)44-39(41)51-30)21-31-34(46-37(49-31)33(23(3)4)45-35(29)47)36-42-22-32(50-36)25-13-9-8-10-14-25/h8-19,22-23,29,33,39,44H,6-7,20-21H2,1-5H3,(H,43,48)(H,45,47)/t29-,33-,39?,41?/m0/s1. The SMILES string of the molecule is CCC(C)(CC)C(=O)N[C@H]1Cc2ccc3c(c2)C2(Cc4oc(nc4-c4ncc(-c5ccccc5)o4)[C@H](C(C)C)NC1=O)c1ccccc1NC2O3. The van der Waals surface area contributed by atoms with Crippen molar-refractivity contribution in [3.63, 3.8) is 0 Å². The van der Waals surface area contributed by atoms with Crippen molar-refractivity contribution in [2.24, 2.45) is 11.3 Å². The van der Waals surface area contributed by atoms with Gasteiger partial charge in [0, 0.05) is 35.1 Å². The second-order valence-electron chi connectivity index (χ2n) is 14.6. The van der Waals surface area contributed by atoms with E-state index in [1.54, 1.807) is 6.20 Å². The maximum Gasteiger partial charge on any atom is 0.249 e. The molecule has 3 aromatic carbocycles. The predicted octanol–water partition coefficient (Wildman–Crippen LogP) is 7.35. The van der Waals surface area contributed by atoms with E-state index in [1.165, 1.54) is 0 Å². The average Bonchev–Trinajstić information content (AvgIpc) is 3.92. The largest absolute Gasteiger partial charge is 0.469 e. The molecule has 8 rings (SSSR count). The van der Waals surface area contributed by atoms with Crippen LogP contribution in [0.3, 0.4) is 0 Å². The Kier molecular flexibility index (Phi) is 8.00. The Bertz CT molecular complexity index is 2120. The monoisotopic (exact) mass is 685 g/mol. The highest BCUT2D eigenvalue weighted by Crippen LogP contribution is 2.56. The molecule has 262 valence electrons. The third kappa shape index (κ3) is 5.39. The van der Waals surface area contributed by atoms with Crippen LogP contribution in [0.1, 0.15) is 81.8 Å². The van der Waals surface area contributed by atoms with E-state index in [0.717, 1.165) is 33.7 Å². The molecule has 4 atom stereocenters. The van der Waals surface area contributed by atoms with Crippen LogP contribution >= 0.6 is 0 Å². The fourth-order valence-electron chi connectivity index (χ4n) is 7.66. The van der Waals surface area contributed by atoms with E-state index in [4.69, 9.17) is 18.6 Å². The Balaban J connectivity index is 1.31. The van der Waals surface area contributed by atoms with Crippen LogP contribution in [0.2, 0.25) is 0 Å². The molecule has 0 saturated carbocycles. The number of aromatic nitrogens is 2. The number of hydrogen-bond donors (Lipinski definition) is 3. The highest BCUT2D eigenvalue weighted by molar-refractivity contribution is 5.90. The van der Waals surface area contributed by atoms with Crippen molar-refractivity contribution in [2.75, 3.05) is 5.32 Å². The molecule has 2 amide bonds. The van der Waals surface area contributed by atoms with E-state index in [9.17, 15) is 9.59 Å². The number of oxazole rings is 2. The lowest BCUT2D eigenvalue weighted by atomic mass is 9.72. The number of carbonyl (C=O) groups excluding carboxylic acids is 2. The van der Waals surface area contributed by atoms with Crippen molar-refractivity contribution >= 4 is 17.5 Å². The third-order valence-corrected chi connectivity index (χ3v) is 11.2. The first-order valence-corrected chi connectivity index (χ1v) is 17.9. The zero-order valence-electron chi connectivity index (χ0n) is 29.6. The number of nitrogens with zero attached hydrogens (tertiary/aromatic N) is 2. The van der Waals surface area contributed by atoms with Crippen LogP contribution in [-0.4, -0.2) is 34.1 Å². The van der Waals surface area contributed by atoms with Crippen LogP contribution in [0.25, 0.3) is 22.9 Å². The molecule has 5 heterocycles. The topological polar surface area (TPSA) is 132 Å². The van der Waals surface area contributed by atoms with Crippen LogP contribution in [0.4, 0.5) is 5.69 Å². The summed E-state index contributed by atoms with van der Waals surface area (Å²) >= 11 is 0. The maximum atomic E-state index is 14.3. The van der Waals surface area contributed by atoms with E-state index < -0.39 is 29.1 Å². The van der Waals surface area contributed by atoms with Gasteiger partial charge >= 0.3 is 0 Å². The number of benzene rings is 3. The molecular formula is C41H43N5O5. The average molecular weight is 686 g/mol. The number of carbonyl (C=O) groups is 2. The minimum atomic E-state index is -0.841. The fraction of sp³-hybridized carbons (Fsp3) is 0.366. The lowest BCUT2D eigenvalue weighted by Gasteiger charge is -2.30. The van der Waals surface area contributed by atoms with Gasteiger partial charge in [-0.25, -0.2) is 9.97 Å². The molecule has 3 N–H and O–H groups in total. The smallest absolute Gasteiger partial charge is 0.249 e. The fourth-order valence-corrected chi connectivity index (χ4v) is 7.66. The van der Waals surface area contributed by atoms with Crippen molar-refractivity contribution in [2.45, 2.75) is 84.0 Å². The number of fused-ring (bicyclic) bond motifs is 4. The quantitative estimate of drug-likeness (QED) is 0.162. The van der Waals surface area contributed by atoms with E-state index in [-0.39, 0.29) is 17.7 Å². The summed E-state index contributed by atoms with van der Waals surface area (Å²) in [7, 11) is 0. The molecule has 0 aliphatic carbocycles. The Morgan fingerprint density at radius 2 is 1.76 bits per heavy atom. The van der Waals surface area contributed by atoms with Gasteiger partial charge in [0.1, 0.15) is 23.6 Å². The van der Waals surface area contributed by atoms with Gasteiger partial charge in [-0.2, -0.15) is 0 Å². The first-order valence-electron chi connectivity index (χ1n) is 17.9. The molecule has 0 saturated heterocycles. The third-order valence-electron chi connectivity index (χ3n) is 11.2. The van der Waals surface area contributed by atoms with Crippen molar-refractivity contribution in [1.29, 1.82) is 0 Å². The minimum Gasteiger partial charge on any atom is -0.469 e. The number of hydrogen-bond acceptors (Lipinski definition) is 8. The van der Waals surface area contributed by atoms with Gasteiger partial charge in [-0.3, -0.25) is 9.59 Å². The van der Waals surface area contributed by atoms with Gasteiger partial charge in [0.15, 0.2) is 17.7 Å². The molecule has 10 nitrogen and oxygen atoms in total. The number of nitrogens with one attached hydrogen (secondary N) is 3. The van der Waals surface area contributed by atoms with Gasteiger partial charge in [0.25, 0.3) is 0 Å². The predicted molar refractivity (Wildman–Crippen MR) is 193 cm³/mol. The van der Waals surface area contributed by atoms with E-state index in [2.05, 4.69) is 39.1 Å². The molecule has 0 radical (unpaired) electrons. The normalized spacial score (nSPS) is 22.1. The summed E-state index contributed by atoms with van der Waals surface area (Å²) in [5.41, 5.74) is 3.99. The van der Waals surface area contributed by atoms with Gasteiger partial charge in [0.2, 0.25) is 23.6 Å². The number of rotatable bonds is 7. The molecule has 0 fully saturated rings. The number of anilines is 1. The zero-order chi connectivity index (χ0) is 35.5. The molecule has 51 heavy (non-hydrogen) atoms. The first-order chi connectivity index (χ1) is 24.6. The molecule has 10 heteroatoms. The second-order valence-corrected chi connectivity index (χ2v) is 14.6. The summed E-state index contributed by atoms with van der Waals surface area (Å²) < 4.78 is 19.8. The Morgan fingerprint density at radius 3 is 2.53 bits per heavy atom. The maximum absolute atomic E-state index is 14.3. The van der Waals surface area contributed by atoms with Crippen LogP contribution in [0, 0.1) is 11.3 Å². The number of ether oxygens (including phenoxy) is 1. The van der Waals surface area contributed by atoms with Gasteiger partial charge in [-0.05, 0) is 42.0 Å². The van der Waals surface area contributed by atoms with Gasteiger partial charge < -0.3 is 29.5 Å². The van der Waals surface area contributed by atoms with Crippen LogP contribution < -0.4 is 20.7 Å². The molecule has 1 spiro atoms. The second kappa shape index (κ2) is 12.4. The van der Waals surface area contributed by atoms with Gasteiger partial charge in [-0.1, -0.05) is 95.3 Å². The molecule has 3 aliphatic rings. The van der Waals surface area contributed by atoms with E-state index >= 15 is 0 Å². The van der Waals surface area contributed by atoms with Gasteiger partial charge in [-0.15, -0.1) is 0 Å². The summed E-state index contributed by atoms with van der Waals surface area (Å²) in [6.45, 7) is 9.97. The lowest BCUT2D eigenvalue weighted by Crippen LogP contribution is -2.52. The Hall–Kier alpha value is -5.38. The van der Waals surface area contributed by atoms with Crippen molar-refractivity contribution < 1.29 is 23.2 Å². The minimum absolute atomic E-state index is 0.0991. The van der Waals surface area contributed by atoms with Crippen molar-refractivity contribution in [3.8, 4) is 28.7 Å². The Morgan fingerprint density at radius 1 is 1.00 bits per heavy atom. The summed E-state index contributed by atoms with van der Waals surface area (Å²) in [6, 6.07) is 22.7. The zero-order valence-corrected chi connectivity index (χ0v) is 29.6. The highest BCUT2D eigenvalue weighted by atomic mass is 16.5. The molecule has 4 bridgehead atoms. The summed E-state index contributed by atoms with van der Waals surface area (Å²) in [6.07, 6.45) is 3.26. The molecular weight excluding hydrogens is 642 g/mol. The summed E-state index contributed by atoms with van der Waals surface area (Å²) in [5.74, 6) is 2.04. The van der Waals surface area contributed by atoms with Gasteiger partial charge in [0.05, 0.1) is 11.6 Å².